The van der Waals surface area contributed by atoms with Gasteiger partial charge in [-0.05, 0) is 81.9 Å². The fourth-order valence-electron chi connectivity index (χ4n) is 7.79. The van der Waals surface area contributed by atoms with Crippen LogP contribution in [-0.2, 0) is 6.18 Å². The van der Waals surface area contributed by atoms with Gasteiger partial charge in [0.25, 0.3) is 0 Å². The van der Waals surface area contributed by atoms with Gasteiger partial charge in [-0.1, -0.05) is 152 Å². The topological polar surface area (TPSA) is 43.6 Å². The van der Waals surface area contributed by atoms with Gasteiger partial charge >= 0.3 is 6.18 Å². The fraction of sp³-hybridized carbons (Fsp3) is 0.0192. The van der Waals surface area contributed by atoms with Gasteiger partial charge in [-0.2, -0.15) is 13.2 Å². The molecule has 59 heavy (non-hydrogen) atoms. The smallest absolute Gasteiger partial charge is 0.308 e. The van der Waals surface area contributed by atoms with Gasteiger partial charge in [0, 0.05) is 27.5 Å². The van der Waals surface area contributed by atoms with Gasteiger partial charge in [-0.25, -0.2) is 15.0 Å². The Morgan fingerprint density at radius 2 is 0.746 bits per heavy atom. The summed E-state index contributed by atoms with van der Waals surface area (Å²) in [6, 6.07) is 64.2. The van der Waals surface area contributed by atoms with E-state index in [1.165, 1.54) is 12.1 Å². The van der Waals surface area contributed by atoms with Crippen molar-refractivity contribution in [3.8, 4) is 73.2 Å². The Labute approximate surface area is 338 Å². The zero-order valence-corrected chi connectivity index (χ0v) is 31.5. The van der Waals surface area contributed by atoms with Crippen LogP contribution in [0.15, 0.2) is 200 Å². The fourth-order valence-corrected chi connectivity index (χ4v) is 7.79. The number of rotatable bonds is 7. The minimum Gasteiger partial charge on any atom is -0.308 e. The number of hydrogen-bond acceptors (Lipinski definition) is 3. The van der Waals surface area contributed by atoms with Crippen molar-refractivity contribution < 1.29 is 13.2 Å². The Bertz CT molecular complexity index is 2970. The SMILES string of the molecule is FC(F)(F)c1cccc(-c2ccc(-c3nc(-c4ccccc4)nc(-c4ccccc4)n3)c(-n3c4ccc(-c5ccccc5)cc4c4cc(-c5ccccc5)ccc43)c2)c1. The molecular formula is C52H33F3N4. The first-order chi connectivity index (χ1) is 28.9. The lowest BCUT2D eigenvalue weighted by Gasteiger charge is -2.17. The van der Waals surface area contributed by atoms with Gasteiger partial charge in [-0.3, -0.25) is 0 Å². The Morgan fingerprint density at radius 1 is 0.339 bits per heavy atom. The van der Waals surface area contributed by atoms with Crippen molar-refractivity contribution >= 4 is 21.8 Å². The van der Waals surface area contributed by atoms with Crippen LogP contribution in [0.1, 0.15) is 5.56 Å². The minimum absolute atomic E-state index is 0.431. The van der Waals surface area contributed by atoms with E-state index in [1.807, 2.05) is 115 Å². The maximum absolute atomic E-state index is 14.1. The Kier molecular flexibility index (Phi) is 8.91. The second-order valence-corrected chi connectivity index (χ2v) is 14.4. The number of halogens is 3. The van der Waals surface area contributed by atoms with Crippen molar-refractivity contribution in [2.75, 3.05) is 0 Å². The Hall–Kier alpha value is -7.64. The van der Waals surface area contributed by atoms with E-state index in [-0.39, 0.29) is 0 Å². The molecule has 0 unspecified atom stereocenters. The zero-order chi connectivity index (χ0) is 39.9. The van der Waals surface area contributed by atoms with Gasteiger partial charge in [-0.15, -0.1) is 0 Å². The maximum atomic E-state index is 14.1. The van der Waals surface area contributed by atoms with Crippen LogP contribution >= 0.6 is 0 Å². The molecule has 4 nitrogen and oxygen atoms in total. The van der Waals surface area contributed by atoms with Gasteiger partial charge < -0.3 is 4.57 Å². The normalized spacial score (nSPS) is 11.6. The molecule has 0 bridgehead atoms. The van der Waals surface area contributed by atoms with E-state index in [0.29, 0.717) is 39.9 Å². The van der Waals surface area contributed by atoms with E-state index >= 15 is 0 Å². The second kappa shape index (κ2) is 14.7. The summed E-state index contributed by atoms with van der Waals surface area (Å²) in [5.41, 5.74) is 9.57. The molecule has 0 aliphatic rings. The van der Waals surface area contributed by atoms with Crippen molar-refractivity contribution in [3.63, 3.8) is 0 Å². The molecule has 0 fully saturated rings. The van der Waals surface area contributed by atoms with E-state index in [0.717, 1.165) is 61.3 Å². The summed E-state index contributed by atoms with van der Waals surface area (Å²) in [5, 5.41) is 2.06. The number of fused-ring (bicyclic) bond motifs is 3. The summed E-state index contributed by atoms with van der Waals surface area (Å²) in [6.45, 7) is 0. The van der Waals surface area contributed by atoms with E-state index in [9.17, 15) is 13.2 Å². The number of alkyl halides is 3. The lowest BCUT2D eigenvalue weighted by atomic mass is 9.99. The highest BCUT2D eigenvalue weighted by Gasteiger charge is 2.30. The molecule has 0 saturated heterocycles. The van der Waals surface area contributed by atoms with E-state index in [2.05, 4.69) is 65.2 Å². The Balaban J connectivity index is 1.28. The second-order valence-electron chi connectivity index (χ2n) is 14.4. The summed E-state index contributed by atoms with van der Waals surface area (Å²) < 4.78 is 44.4. The van der Waals surface area contributed by atoms with Crippen molar-refractivity contribution in [2.45, 2.75) is 6.18 Å². The lowest BCUT2D eigenvalue weighted by Crippen LogP contribution is -2.05. The van der Waals surface area contributed by atoms with Crippen molar-refractivity contribution in [3.05, 3.63) is 206 Å². The molecule has 0 N–H and O–H groups in total. The predicted octanol–water partition coefficient (Wildman–Crippen LogP) is 14.0. The third-order valence-corrected chi connectivity index (χ3v) is 10.7. The number of nitrogens with zero attached hydrogens (tertiary/aromatic N) is 4. The highest BCUT2D eigenvalue weighted by molar-refractivity contribution is 6.12. The molecule has 282 valence electrons. The van der Waals surface area contributed by atoms with Crippen LogP contribution in [0.2, 0.25) is 0 Å². The van der Waals surface area contributed by atoms with Crippen LogP contribution in [0.3, 0.4) is 0 Å². The van der Waals surface area contributed by atoms with Gasteiger partial charge in [0.2, 0.25) is 0 Å². The third kappa shape index (κ3) is 6.83. The molecule has 0 spiro atoms. The third-order valence-electron chi connectivity index (χ3n) is 10.7. The van der Waals surface area contributed by atoms with Crippen LogP contribution in [0.4, 0.5) is 13.2 Å². The summed E-state index contributed by atoms with van der Waals surface area (Å²) in [4.78, 5) is 15.1. The van der Waals surface area contributed by atoms with Crippen LogP contribution in [0.5, 0.6) is 0 Å². The zero-order valence-electron chi connectivity index (χ0n) is 31.5. The first-order valence-corrected chi connectivity index (χ1v) is 19.3. The first kappa shape index (κ1) is 35.8. The average molecular weight is 771 g/mol. The summed E-state index contributed by atoms with van der Waals surface area (Å²) in [6.07, 6.45) is -4.49. The van der Waals surface area contributed by atoms with E-state index in [1.54, 1.807) is 6.07 Å². The minimum atomic E-state index is -4.49. The molecule has 2 heterocycles. The molecule has 8 aromatic carbocycles. The standard InChI is InChI=1S/C52H33F3N4/c53-52(54,55)42-23-13-22-38(30-42)41-24-27-43(51-57-49(36-18-9-3-10-19-36)56-50(58-51)37-20-11-4-12-21-37)48(33-41)59-46-28-25-39(34-14-5-1-6-15-34)31-44(46)45-32-40(26-29-47(45)59)35-16-7-2-8-17-35/h1-33H. The molecular weight excluding hydrogens is 738 g/mol. The molecule has 0 amide bonds. The molecule has 0 atom stereocenters. The largest absolute Gasteiger partial charge is 0.416 e. The summed E-state index contributed by atoms with van der Waals surface area (Å²) in [7, 11) is 0. The van der Waals surface area contributed by atoms with E-state index < -0.39 is 11.7 Å². The number of benzene rings is 8. The monoisotopic (exact) mass is 770 g/mol. The Morgan fingerprint density at radius 3 is 1.24 bits per heavy atom. The highest BCUT2D eigenvalue weighted by atomic mass is 19.4. The number of hydrogen-bond donors (Lipinski definition) is 0. The van der Waals surface area contributed by atoms with E-state index in [4.69, 9.17) is 15.0 Å². The van der Waals surface area contributed by atoms with Crippen molar-refractivity contribution in [1.29, 1.82) is 0 Å². The van der Waals surface area contributed by atoms with Crippen molar-refractivity contribution in [2.24, 2.45) is 0 Å². The van der Waals surface area contributed by atoms with Gasteiger partial charge in [0.15, 0.2) is 17.5 Å². The summed E-state index contributed by atoms with van der Waals surface area (Å²) >= 11 is 0. The molecule has 0 radical (unpaired) electrons. The molecule has 2 aromatic heterocycles. The first-order valence-electron chi connectivity index (χ1n) is 19.3. The average Bonchev–Trinajstić information content (AvgIpc) is 3.62. The molecule has 0 saturated carbocycles. The van der Waals surface area contributed by atoms with Crippen LogP contribution < -0.4 is 0 Å². The quantitative estimate of drug-likeness (QED) is 0.162. The van der Waals surface area contributed by atoms with Crippen molar-refractivity contribution in [1.82, 2.24) is 19.5 Å². The maximum Gasteiger partial charge on any atom is 0.416 e. The molecule has 10 aromatic rings. The van der Waals surface area contributed by atoms with Gasteiger partial charge in [0.1, 0.15) is 0 Å². The lowest BCUT2D eigenvalue weighted by molar-refractivity contribution is -0.137. The molecule has 7 heteroatoms. The van der Waals surface area contributed by atoms with Crippen LogP contribution in [0, 0.1) is 0 Å². The molecule has 0 aliphatic carbocycles. The van der Waals surface area contributed by atoms with Gasteiger partial charge in [0.05, 0.1) is 22.3 Å². The molecule has 10 rings (SSSR count). The predicted molar refractivity (Wildman–Crippen MR) is 232 cm³/mol. The van der Waals surface area contributed by atoms with Crippen LogP contribution in [-0.4, -0.2) is 19.5 Å². The number of aromatic nitrogens is 4. The summed E-state index contributed by atoms with van der Waals surface area (Å²) in [5.74, 6) is 1.44. The molecule has 0 aliphatic heterocycles. The highest BCUT2D eigenvalue weighted by Crippen LogP contribution is 2.41. The van der Waals surface area contributed by atoms with Crippen LogP contribution in [0.25, 0.3) is 95.0 Å².